The van der Waals surface area contributed by atoms with Gasteiger partial charge in [-0.25, -0.2) is 9.78 Å². The van der Waals surface area contributed by atoms with Gasteiger partial charge in [-0.05, 0) is 27.7 Å². The van der Waals surface area contributed by atoms with E-state index in [0.29, 0.717) is 17.8 Å². The normalized spacial score (nSPS) is 18.7. The second-order valence-corrected chi connectivity index (χ2v) is 5.38. The molecule has 98 valence electrons. The summed E-state index contributed by atoms with van der Waals surface area (Å²) in [7, 11) is 0. The first-order chi connectivity index (χ1) is 8.29. The van der Waals surface area contributed by atoms with E-state index in [9.17, 15) is 9.59 Å². The summed E-state index contributed by atoms with van der Waals surface area (Å²) >= 11 is 0. The zero-order valence-corrected chi connectivity index (χ0v) is 11.0. The van der Waals surface area contributed by atoms with Gasteiger partial charge in [0, 0.05) is 0 Å². The Morgan fingerprint density at radius 1 is 1.56 bits per heavy atom. The van der Waals surface area contributed by atoms with Gasteiger partial charge in [0.05, 0.1) is 30.2 Å². The standard InChI is InChI=1S/C12H17N3O3/c1-7-9-8(13-6-14-10(9)16)5-15(7)11(17)18-12(2,3)4/h6-7H,5H2,1-4H3,(H,13,14,16). The predicted octanol–water partition coefficient (Wildman–Crippen LogP) is 1.58. The molecule has 1 amide bonds. The van der Waals surface area contributed by atoms with Crippen LogP contribution in [0.25, 0.3) is 0 Å². The van der Waals surface area contributed by atoms with Crippen LogP contribution in [-0.2, 0) is 11.3 Å². The Labute approximate surface area is 105 Å². The highest BCUT2D eigenvalue weighted by Gasteiger charge is 2.36. The summed E-state index contributed by atoms with van der Waals surface area (Å²) in [5.41, 5.74) is 0.435. The molecule has 2 heterocycles. The van der Waals surface area contributed by atoms with Gasteiger partial charge in [0.1, 0.15) is 5.60 Å². The molecule has 0 radical (unpaired) electrons. The second-order valence-electron chi connectivity index (χ2n) is 5.38. The molecule has 0 saturated carbocycles. The van der Waals surface area contributed by atoms with E-state index in [2.05, 4.69) is 9.97 Å². The van der Waals surface area contributed by atoms with Crippen LogP contribution in [0, 0.1) is 0 Å². The van der Waals surface area contributed by atoms with Gasteiger partial charge >= 0.3 is 6.09 Å². The van der Waals surface area contributed by atoms with Crippen LogP contribution in [0.1, 0.15) is 45.0 Å². The van der Waals surface area contributed by atoms with Crippen molar-refractivity contribution in [2.75, 3.05) is 0 Å². The lowest BCUT2D eigenvalue weighted by atomic mass is 10.1. The zero-order chi connectivity index (χ0) is 13.5. The van der Waals surface area contributed by atoms with Crippen LogP contribution in [0.4, 0.5) is 4.79 Å². The van der Waals surface area contributed by atoms with Crippen molar-refractivity contribution < 1.29 is 9.53 Å². The number of carbonyl (C=O) groups excluding carboxylic acids is 1. The number of amides is 1. The molecule has 0 aromatic carbocycles. The van der Waals surface area contributed by atoms with Gasteiger partial charge in [0.2, 0.25) is 0 Å². The van der Waals surface area contributed by atoms with Crippen molar-refractivity contribution in [3.63, 3.8) is 0 Å². The number of ether oxygens (including phenoxy) is 1. The number of hydrogen-bond donors (Lipinski definition) is 1. The van der Waals surface area contributed by atoms with E-state index < -0.39 is 11.7 Å². The topological polar surface area (TPSA) is 75.3 Å². The van der Waals surface area contributed by atoms with E-state index in [0.717, 1.165) is 0 Å². The fourth-order valence-electron chi connectivity index (χ4n) is 2.00. The molecule has 6 heteroatoms. The number of nitrogens with zero attached hydrogens (tertiary/aromatic N) is 2. The molecule has 0 saturated heterocycles. The molecular weight excluding hydrogens is 234 g/mol. The van der Waals surface area contributed by atoms with Crippen LogP contribution < -0.4 is 5.56 Å². The SMILES string of the molecule is CC1c2c(nc[nH]c2=O)CN1C(=O)OC(C)(C)C. The molecule has 2 rings (SSSR count). The quantitative estimate of drug-likeness (QED) is 0.759. The Morgan fingerprint density at radius 2 is 2.22 bits per heavy atom. The minimum absolute atomic E-state index is 0.196. The maximum Gasteiger partial charge on any atom is 0.411 e. The van der Waals surface area contributed by atoms with Crippen LogP contribution >= 0.6 is 0 Å². The van der Waals surface area contributed by atoms with E-state index in [1.54, 1.807) is 6.92 Å². The van der Waals surface area contributed by atoms with Gasteiger partial charge in [0.25, 0.3) is 5.56 Å². The van der Waals surface area contributed by atoms with Crippen molar-refractivity contribution in [1.29, 1.82) is 0 Å². The van der Waals surface area contributed by atoms with Crippen LogP contribution in [0.3, 0.4) is 0 Å². The molecule has 0 fully saturated rings. The Morgan fingerprint density at radius 3 is 2.78 bits per heavy atom. The summed E-state index contributed by atoms with van der Waals surface area (Å²) in [5.74, 6) is 0. The Bertz CT molecular complexity index is 530. The lowest BCUT2D eigenvalue weighted by Crippen LogP contribution is -2.35. The summed E-state index contributed by atoms with van der Waals surface area (Å²) in [6.45, 7) is 7.54. The van der Waals surface area contributed by atoms with E-state index in [4.69, 9.17) is 4.74 Å². The lowest BCUT2D eigenvalue weighted by Gasteiger charge is -2.26. The summed E-state index contributed by atoms with van der Waals surface area (Å²) in [6.07, 6.45) is 0.930. The van der Waals surface area contributed by atoms with Crippen molar-refractivity contribution in [2.45, 2.75) is 45.9 Å². The molecule has 0 aliphatic carbocycles. The van der Waals surface area contributed by atoms with E-state index in [1.807, 2.05) is 20.8 Å². The highest BCUT2D eigenvalue weighted by molar-refractivity contribution is 5.69. The summed E-state index contributed by atoms with van der Waals surface area (Å²) in [5, 5.41) is 0. The highest BCUT2D eigenvalue weighted by atomic mass is 16.6. The fraction of sp³-hybridized carbons (Fsp3) is 0.583. The summed E-state index contributed by atoms with van der Waals surface area (Å²) in [6, 6.07) is -0.313. The molecular formula is C12H17N3O3. The van der Waals surface area contributed by atoms with Gasteiger partial charge in [-0.2, -0.15) is 0 Å². The number of fused-ring (bicyclic) bond motifs is 1. The maximum absolute atomic E-state index is 12.0. The molecule has 0 bridgehead atoms. The number of H-pyrrole nitrogens is 1. The molecule has 1 aromatic heterocycles. The summed E-state index contributed by atoms with van der Waals surface area (Å²) in [4.78, 5) is 31.8. The third-order valence-electron chi connectivity index (χ3n) is 2.80. The average molecular weight is 251 g/mol. The average Bonchev–Trinajstić information content (AvgIpc) is 2.55. The Hall–Kier alpha value is -1.85. The number of carbonyl (C=O) groups is 1. The van der Waals surface area contributed by atoms with Crippen molar-refractivity contribution >= 4 is 6.09 Å². The lowest BCUT2D eigenvalue weighted by molar-refractivity contribution is 0.0186. The van der Waals surface area contributed by atoms with Gasteiger partial charge < -0.3 is 9.72 Å². The third-order valence-corrected chi connectivity index (χ3v) is 2.80. The van der Waals surface area contributed by atoms with Crippen molar-refractivity contribution in [2.24, 2.45) is 0 Å². The van der Waals surface area contributed by atoms with E-state index in [1.165, 1.54) is 11.2 Å². The molecule has 1 atom stereocenters. The molecule has 0 spiro atoms. The first-order valence-corrected chi connectivity index (χ1v) is 5.85. The monoisotopic (exact) mass is 251 g/mol. The number of rotatable bonds is 0. The largest absolute Gasteiger partial charge is 0.444 e. The summed E-state index contributed by atoms with van der Waals surface area (Å²) < 4.78 is 5.31. The number of nitrogens with one attached hydrogen (secondary N) is 1. The smallest absolute Gasteiger partial charge is 0.411 e. The Kier molecular flexibility index (Phi) is 2.88. The number of hydrogen-bond acceptors (Lipinski definition) is 4. The van der Waals surface area contributed by atoms with Crippen LogP contribution in [0.5, 0.6) is 0 Å². The predicted molar refractivity (Wildman–Crippen MR) is 65.0 cm³/mol. The molecule has 1 aliphatic heterocycles. The fourth-order valence-corrected chi connectivity index (χ4v) is 2.00. The van der Waals surface area contributed by atoms with E-state index >= 15 is 0 Å². The second kappa shape index (κ2) is 4.12. The van der Waals surface area contributed by atoms with Crippen molar-refractivity contribution in [1.82, 2.24) is 14.9 Å². The van der Waals surface area contributed by atoms with Crippen LogP contribution in [0.15, 0.2) is 11.1 Å². The van der Waals surface area contributed by atoms with Gasteiger partial charge in [-0.3, -0.25) is 9.69 Å². The molecule has 1 N–H and O–H groups in total. The van der Waals surface area contributed by atoms with Crippen LogP contribution in [-0.4, -0.2) is 26.6 Å². The molecule has 6 nitrogen and oxygen atoms in total. The van der Waals surface area contributed by atoms with E-state index in [-0.39, 0.29) is 11.6 Å². The van der Waals surface area contributed by atoms with Gasteiger partial charge in [-0.15, -0.1) is 0 Å². The number of aromatic nitrogens is 2. The third kappa shape index (κ3) is 2.23. The van der Waals surface area contributed by atoms with Gasteiger partial charge in [0.15, 0.2) is 0 Å². The maximum atomic E-state index is 12.0. The highest BCUT2D eigenvalue weighted by Crippen LogP contribution is 2.30. The van der Waals surface area contributed by atoms with Crippen molar-refractivity contribution in [3.8, 4) is 0 Å². The molecule has 1 aliphatic rings. The zero-order valence-electron chi connectivity index (χ0n) is 11.0. The number of aromatic amines is 1. The minimum atomic E-state index is -0.550. The molecule has 1 unspecified atom stereocenters. The molecule has 1 aromatic rings. The minimum Gasteiger partial charge on any atom is -0.444 e. The van der Waals surface area contributed by atoms with Gasteiger partial charge in [-0.1, -0.05) is 0 Å². The first-order valence-electron chi connectivity index (χ1n) is 5.85. The molecule has 18 heavy (non-hydrogen) atoms. The van der Waals surface area contributed by atoms with Crippen molar-refractivity contribution in [3.05, 3.63) is 27.9 Å². The first kappa shape index (κ1) is 12.6. The van der Waals surface area contributed by atoms with Crippen LogP contribution in [0.2, 0.25) is 0 Å². The Balaban J connectivity index is 2.24.